The number of amides is 3. The number of aliphatic carboxylic acids is 1. The van der Waals surface area contributed by atoms with Gasteiger partial charge in [0.2, 0.25) is 29.3 Å². The lowest BCUT2D eigenvalue weighted by atomic mass is 10.1. The molecule has 0 unspecified atom stereocenters. The van der Waals surface area contributed by atoms with Crippen LogP contribution in [0.25, 0.3) is 56.3 Å². The Bertz CT molecular complexity index is 3800. The topological polar surface area (TPSA) is 299 Å². The quantitative estimate of drug-likeness (QED) is 0.0771. The van der Waals surface area contributed by atoms with Gasteiger partial charge in [0, 0.05) is 89.4 Å². The standard InChI is InChI=1S/C26H26N8O3.C25H23N7O4.CH5N.2CH4/c1-14-6-7-18(25-29-17(4)37-32-25)10-20(14)30-26(36)21-11-28-22-9-8-19(12-33(21)22)24-15(2)31-34(16(24)3)13-23(35)27-5;1-13-5-6-17(24-27-16(4)36-30-24)9-19(13)28-25(35)20-10-26-21-8-7-18(11-31(20)21)23-14(2)29-32(15(23)3)12-22(33)34;1-2;;/h6-12H,13H2,1-5H3,(H,27,35)(H,30,36);5-11H,12H2,1-4H3,(H,28,35)(H,33,34);2H2,1H3;2*1H4. The molecule has 10 rings (SSSR count). The van der Waals surface area contributed by atoms with Crippen LogP contribution in [0, 0.1) is 55.4 Å². The lowest BCUT2D eigenvalue weighted by Gasteiger charge is -2.10. The number of imidazole rings is 2. The zero-order valence-corrected chi connectivity index (χ0v) is 42.8. The molecule has 77 heavy (non-hydrogen) atoms. The summed E-state index contributed by atoms with van der Waals surface area (Å²) in [7, 11) is 3.10. The van der Waals surface area contributed by atoms with Crippen LogP contribution in [0.2, 0.25) is 0 Å². The number of nitrogens with zero attached hydrogens (tertiary/aromatic N) is 12. The summed E-state index contributed by atoms with van der Waals surface area (Å²) in [4.78, 5) is 67.0. The van der Waals surface area contributed by atoms with Crippen molar-refractivity contribution in [2.75, 3.05) is 24.7 Å². The van der Waals surface area contributed by atoms with Gasteiger partial charge in [0.25, 0.3) is 11.8 Å². The van der Waals surface area contributed by atoms with Crippen molar-refractivity contribution in [1.29, 1.82) is 0 Å². The first kappa shape index (κ1) is 56.7. The third-order valence-corrected chi connectivity index (χ3v) is 12.2. The fraction of sp³-hybridized carbons (Fsp3) is 0.259. The highest BCUT2D eigenvalue weighted by molar-refractivity contribution is 6.05. The Morgan fingerprint density at radius 3 is 1.36 bits per heavy atom. The molecule has 0 fully saturated rings. The highest BCUT2D eigenvalue weighted by atomic mass is 16.5. The number of anilines is 2. The van der Waals surface area contributed by atoms with Crippen molar-refractivity contribution in [1.82, 2.24) is 63.9 Å². The molecule has 0 aliphatic carbocycles. The number of carbonyl (C=O) groups is 4. The van der Waals surface area contributed by atoms with Gasteiger partial charge >= 0.3 is 5.97 Å². The highest BCUT2D eigenvalue weighted by Gasteiger charge is 2.22. The first-order chi connectivity index (χ1) is 36.0. The molecule has 400 valence electrons. The van der Waals surface area contributed by atoms with Gasteiger partial charge in [-0.15, -0.1) is 0 Å². The number of nitrogens with one attached hydrogen (secondary N) is 3. The van der Waals surface area contributed by atoms with Crippen LogP contribution < -0.4 is 21.7 Å². The lowest BCUT2D eigenvalue weighted by Crippen LogP contribution is -2.24. The Morgan fingerprint density at radius 1 is 0.584 bits per heavy atom. The van der Waals surface area contributed by atoms with Gasteiger partial charge in [-0.05, 0) is 96.1 Å². The smallest absolute Gasteiger partial charge is 0.325 e. The molecule has 8 aromatic heterocycles. The molecule has 23 nitrogen and oxygen atoms in total. The summed E-state index contributed by atoms with van der Waals surface area (Å²) < 4.78 is 16.7. The molecular formula is C54H62N16O7. The van der Waals surface area contributed by atoms with Crippen molar-refractivity contribution in [3.05, 3.63) is 143 Å². The van der Waals surface area contributed by atoms with Crippen molar-refractivity contribution < 1.29 is 33.3 Å². The molecule has 0 aliphatic rings. The van der Waals surface area contributed by atoms with Crippen LogP contribution in [0.3, 0.4) is 0 Å². The van der Waals surface area contributed by atoms with Gasteiger partial charge in [-0.3, -0.25) is 37.3 Å². The minimum Gasteiger partial charge on any atom is -0.480 e. The first-order valence-electron chi connectivity index (χ1n) is 23.4. The van der Waals surface area contributed by atoms with E-state index in [1.165, 1.54) is 17.9 Å². The van der Waals surface area contributed by atoms with Crippen LogP contribution in [0.5, 0.6) is 0 Å². The summed E-state index contributed by atoms with van der Waals surface area (Å²) in [5.41, 5.74) is 17.4. The van der Waals surface area contributed by atoms with Crippen molar-refractivity contribution >= 4 is 46.4 Å². The number of likely N-dealkylation sites (N-methyl/N-ethyl adjacent to an activating group) is 1. The number of nitrogens with two attached hydrogens (primary N) is 1. The van der Waals surface area contributed by atoms with Gasteiger partial charge in [0.05, 0.1) is 23.8 Å². The molecule has 0 saturated heterocycles. The number of carboxylic acids is 1. The molecule has 6 N–H and O–H groups in total. The van der Waals surface area contributed by atoms with Crippen LogP contribution in [-0.2, 0) is 22.7 Å². The number of carboxylic acid groups (broad SMARTS) is 1. The zero-order valence-electron chi connectivity index (χ0n) is 42.8. The number of aryl methyl sites for hydroxylation is 6. The lowest BCUT2D eigenvalue weighted by molar-refractivity contribution is -0.138. The molecule has 8 heterocycles. The van der Waals surface area contributed by atoms with E-state index in [4.69, 9.17) is 14.2 Å². The van der Waals surface area contributed by atoms with Gasteiger partial charge in [-0.2, -0.15) is 20.2 Å². The van der Waals surface area contributed by atoms with E-state index in [9.17, 15) is 19.2 Å². The largest absolute Gasteiger partial charge is 0.480 e. The number of fused-ring (bicyclic) bond motifs is 2. The van der Waals surface area contributed by atoms with Crippen molar-refractivity contribution in [2.24, 2.45) is 5.73 Å². The highest BCUT2D eigenvalue weighted by Crippen LogP contribution is 2.31. The Hall–Kier alpha value is -9.64. The van der Waals surface area contributed by atoms with E-state index in [0.29, 0.717) is 63.2 Å². The van der Waals surface area contributed by atoms with E-state index in [-0.39, 0.29) is 45.7 Å². The molecular weight excluding hydrogens is 985 g/mol. The van der Waals surface area contributed by atoms with Crippen LogP contribution in [0.1, 0.15) is 81.5 Å². The van der Waals surface area contributed by atoms with Crippen LogP contribution >= 0.6 is 0 Å². The fourth-order valence-electron chi connectivity index (χ4n) is 8.47. The predicted octanol–water partition coefficient (Wildman–Crippen LogP) is 8.15. The molecule has 2 aromatic carbocycles. The fourth-order valence-corrected chi connectivity index (χ4v) is 8.47. The van der Waals surface area contributed by atoms with E-state index < -0.39 is 5.97 Å². The molecule has 0 bridgehead atoms. The second kappa shape index (κ2) is 23.7. The molecule has 0 spiro atoms. The van der Waals surface area contributed by atoms with Crippen LogP contribution in [-0.4, -0.2) is 102 Å². The molecule has 23 heteroatoms. The Morgan fingerprint density at radius 2 is 0.987 bits per heavy atom. The van der Waals surface area contributed by atoms with Gasteiger partial charge in [-0.25, -0.2) is 9.97 Å². The summed E-state index contributed by atoms with van der Waals surface area (Å²) in [6, 6.07) is 18.6. The van der Waals surface area contributed by atoms with Crippen molar-refractivity contribution in [3.8, 4) is 45.0 Å². The monoisotopic (exact) mass is 1050 g/mol. The summed E-state index contributed by atoms with van der Waals surface area (Å²) in [5, 5.41) is 34.5. The third-order valence-electron chi connectivity index (χ3n) is 12.2. The Labute approximate surface area is 443 Å². The maximum atomic E-state index is 13.4. The van der Waals surface area contributed by atoms with Crippen LogP contribution in [0.4, 0.5) is 11.4 Å². The average Bonchev–Trinajstić information content (AvgIpc) is 4.29. The third kappa shape index (κ3) is 11.8. The van der Waals surface area contributed by atoms with Gasteiger partial charge < -0.3 is 35.8 Å². The van der Waals surface area contributed by atoms with Crippen molar-refractivity contribution in [2.45, 2.75) is 83.3 Å². The van der Waals surface area contributed by atoms with Crippen LogP contribution in [0.15, 0.2) is 94.5 Å². The normalized spacial score (nSPS) is 10.7. The summed E-state index contributed by atoms with van der Waals surface area (Å²) in [6.45, 7) is 14.6. The average molecular weight is 1050 g/mol. The summed E-state index contributed by atoms with van der Waals surface area (Å²) in [6.07, 6.45) is 6.74. The van der Waals surface area contributed by atoms with Gasteiger partial charge in [0.1, 0.15) is 35.8 Å². The second-order valence-electron chi connectivity index (χ2n) is 17.3. The second-order valence-corrected chi connectivity index (χ2v) is 17.3. The molecule has 0 saturated carbocycles. The maximum absolute atomic E-state index is 13.4. The van der Waals surface area contributed by atoms with E-state index in [0.717, 1.165) is 61.6 Å². The minimum absolute atomic E-state index is 0. The molecule has 10 aromatic rings. The molecule has 0 radical (unpaired) electrons. The number of aromatic nitrogens is 12. The maximum Gasteiger partial charge on any atom is 0.325 e. The van der Waals surface area contributed by atoms with E-state index in [1.54, 1.807) is 46.6 Å². The minimum atomic E-state index is -0.968. The van der Waals surface area contributed by atoms with E-state index in [2.05, 4.69) is 62.1 Å². The molecule has 0 aliphatic heterocycles. The number of rotatable bonds is 12. The molecule has 0 atom stereocenters. The molecule has 3 amide bonds. The summed E-state index contributed by atoms with van der Waals surface area (Å²) in [5.74, 6) is 0.0768. The Kier molecular flexibility index (Phi) is 17.4. The number of benzene rings is 2. The number of pyridine rings is 2. The Balaban J connectivity index is 0.000000236. The van der Waals surface area contributed by atoms with E-state index >= 15 is 0 Å². The predicted molar refractivity (Wildman–Crippen MR) is 291 cm³/mol. The number of hydrogen-bond donors (Lipinski definition) is 5. The zero-order chi connectivity index (χ0) is 53.8. The van der Waals surface area contributed by atoms with Gasteiger partial charge in [0.15, 0.2) is 0 Å². The number of carbonyl (C=O) groups excluding carboxylic acids is 3. The SMILES string of the molecule is C.C.CN.CNC(=O)Cn1nc(C)c(-c2ccc3ncc(C(=O)Nc4cc(-c5noc(C)n5)ccc4C)n3c2)c1C.Cc1nc(-c2ccc(C)c(NC(=O)c3cnc4ccc(-c5c(C)nn(CC(=O)O)c5C)cn34)c2)no1. The number of hydrogen-bond acceptors (Lipinski definition) is 15. The van der Waals surface area contributed by atoms with E-state index in [1.807, 2.05) is 109 Å². The van der Waals surface area contributed by atoms with Crippen molar-refractivity contribution in [3.63, 3.8) is 0 Å². The first-order valence-corrected chi connectivity index (χ1v) is 23.4. The van der Waals surface area contributed by atoms with Gasteiger partial charge in [-0.1, -0.05) is 49.4 Å². The summed E-state index contributed by atoms with van der Waals surface area (Å²) >= 11 is 0.